The fourth-order valence-corrected chi connectivity index (χ4v) is 1.30. The average Bonchev–Trinajstić information content (AvgIpc) is 2.20. The summed E-state index contributed by atoms with van der Waals surface area (Å²) < 4.78 is 41.9. The van der Waals surface area contributed by atoms with Crippen LogP contribution in [0.5, 0.6) is 0 Å². The molecule has 82 valence electrons. The molecule has 0 aliphatic rings. The highest BCUT2D eigenvalue weighted by atomic mass is 127. The van der Waals surface area contributed by atoms with Gasteiger partial charge in [0, 0.05) is 0 Å². The first-order chi connectivity index (χ1) is 6.97. The number of aromatic nitrogens is 1. The second-order valence-corrected chi connectivity index (χ2v) is 3.51. The molecule has 15 heavy (non-hydrogen) atoms. The van der Waals surface area contributed by atoms with E-state index < -0.39 is 29.5 Å². The van der Waals surface area contributed by atoms with E-state index in [9.17, 15) is 18.0 Å². The van der Waals surface area contributed by atoms with Crippen molar-refractivity contribution < 1.29 is 22.7 Å². The number of carbonyl (C=O) groups is 1. The van der Waals surface area contributed by atoms with E-state index in [0.29, 0.717) is 6.07 Å². The van der Waals surface area contributed by atoms with Gasteiger partial charge in [0.05, 0.1) is 12.7 Å². The smallest absolute Gasteiger partial charge is 0.357 e. The van der Waals surface area contributed by atoms with E-state index in [0.717, 1.165) is 7.11 Å². The summed E-state index contributed by atoms with van der Waals surface area (Å²) in [6, 6.07) is 0.589. The van der Waals surface area contributed by atoms with E-state index >= 15 is 0 Å². The van der Waals surface area contributed by atoms with Gasteiger partial charge in [0.2, 0.25) is 0 Å². The van der Waals surface area contributed by atoms with Crippen LogP contribution < -0.4 is 0 Å². The number of pyridine rings is 1. The van der Waals surface area contributed by atoms with E-state index in [1.807, 2.05) is 0 Å². The van der Waals surface area contributed by atoms with Gasteiger partial charge in [0.15, 0.2) is 11.5 Å². The first kappa shape index (κ1) is 12.2. The number of methoxy groups -OCH3 is 1. The molecule has 0 aromatic carbocycles. The minimum atomic E-state index is -2.97. The summed E-state index contributed by atoms with van der Waals surface area (Å²) in [5.41, 5.74) is -1.32. The number of esters is 1. The second kappa shape index (κ2) is 4.77. The van der Waals surface area contributed by atoms with Gasteiger partial charge in [0.25, 0.3) is 6.43 Å². The summed E-state index contributed by atoms with van der Waals surface area (Å²) in [5.74, 6) is -1.90. The molecule has 0 saturated carbocycles. The van der Waals surface area contributed by atoms with Crippen molar-refractivity contribution in [1.82, 2.24) is 4.98 Å². The fourth-order valence-electron chi connectivity index (χ4n) is 0.907. The number of hydrogen-bond acceptors (Lipinski definition) is 3. The van der Waals surface area contributed by atoms with Gasteiger partial charge in [-0.15, -0.1) is 0 Å². The Hall–Kier alpha value is -0.860. The molecule has 1 aromatic rings. The Balaban J connectivity index is 3.34. The quantitative estimate of drug-likeness (QED) is 0.475. The van der Waals surface area contributed by atoms with E-state index in [2.05, 4.69) is 9.72 Å². The summed E-state index contributed by atoms with van der Waals surface area (Å²) in [6.07, 6.45) is -2.97. The Morgan fingerprint density at radius 1 is 1.60 bits per heavy atom. The van der Waals surface area contributed by atoms with Crippen molar-refractivity contribution in [2.45, 2.75) is 6.43 Å². The van der Waals surface area contributed by atoms with Crippen molar-refractivity contribution in [2.24, 2.45) is 0 Å². The Morgan fingerprint density at radius 2 is 2.20 bits per heavy atom. The van der Waals surface area contributed by atoms with Gasteiger partial charge < -0.3 is 4.74 Å². The lowest BCUT2D eigenvalue weighted by atomic mass is 10.2. The predicted molar refractivity (Wildman–Crippen MR) is 53.2 cm³/mol. The van der Waals surface area contributed by atoms with Crippen LogP contribution in [0.15, 0.2) is 6.07 Å². The van der Waals surface area contributed by atoms with Gasteiger partial charge in [-0.05, 0) is 28.7 Å². The summed E-state index contributed by atoms with van der Waals surface area (Å²) in [5, 5.41) is 0. The third-order valence-electron chi connectivity index (χ3n) is 1.58. The molecule has 0 radical (unpaired) electrons. The molecule has 0 amide bonds. The van der Waals surface area contributed by atoms with Gasteiger partial charge in [-0.2, -0.15) is 0 Å². The SMILES string of the molecule is COC(=O)c1nc(I)c(F)cc1C(F)F. The third kappa shape index (κ3) is 2.58. The summed E-state index contributed by atoms with van der Waals surface area (Å²) >= 11 is 1.50. The number of nitrogens with zero attached hydrogens (tertiary/aromatic N) is 1. The maximum atomic E-state index is 12.9. The van der Waals surface area contributed by atoms with E-state index in [1.165, 1.54) is 22.6 Å². The van der Waals surface area contributed by atoms with E-state index in [4.69, 9.17) is 0 Å². The molecule has 0 spiro atoms. The van der Waals surface area contributed by atoms with Crippen LogP contribution in [0.2, 0.25) is 0 Å². The maximum absolute atomic E-state index is 12.9. The molecule has 0 unspecified atom stereocenters. The van der Waals surface area contributed by atoms with Crippen LogP contribution in [-0.4, -0.2) is 18.1 Å². The molecular weight excluding hydrogens is 326 g/mol. The highest BCUT2D eigenvalue weighted by molar-refractivity contribution is 14.1. The average molecular weight is 331 g/mol. The van der Waals surface area contributed by atoms with Crippen LogP contribution in [0.1, 0.15) is 22.5 Å². The molecular formula is C8H5F3INO2. The Morgan fingerprint density at radius 3 is 2.67 bits per heavy atom. The first-order valence-electron chi connectivity index (χ1n) is 3.69. The monoisotopic (exact) mass is 331 g/mol. The Kier molecular flexibility index (Phi) is 3.89. The van der Waals surface area contributed by atoms with Crippen molar-refractivity contribution in [3.05, 3.63) is 26.8 Å². The number of ether oxygens (including phenoxy) is 1. The van der Waals surface area contributed by atoms with Crippen LogP contribution in [0.25, 0.3) is 0 Å². The maximum Gasteiger partial charge on any atom is 0.357 e. The van der Waals surface area contributed by atoms with Crippen LogP contribution in [0.4, 0.5) is 13.2 Å². The number of carbonyl (C=O) groups excluding carboxylic acids is 1. The first-order valence-corrected chi connectivity index (χ1v) is 4.77. The number of alkyl halides is 2. The van der Waals surface area contributed by atoms with Gasteiger partial charge in [0.1, 0.15) is 3.70 Å². The van der Waals surface area contributed by atoms with Crippen molar-refractivity contribution in [1.29, 1.82) is 0 Å². The standard InChI is InChI=1S/C8H5F3INO2/c1-15-8(14)5-3(6(10)11)2-4(9)7(12)13-5/h2,6H,1H3. The largest absolute Gasteiger partial charge is 0.464 e. The highest BCUT2D eigenvalue weighted by Crippen LogP contribution is 2.24. The molecule has 0 saturated heterocycles. The summed E-state index contributed by atoms with van der Waals surface area (Å²) in [4.78, 5) is 14.5. The molecule has 1 rings (SSSR count). The van der Waals surface area contributed by atoms with Gasteiger partial charge in [-0.3, -0.25) is 0 Å². The molecule has 3 nitrogen and oxygen atoms in total. The highest BCUT2D eigenvalue weighted by Gasteiger charge is 2.23. The lowest BCUT2D eigenvalue weighted by molar-refractivity contribution is 0.0581. The molecule has 0 atom stereocenters. The molecule has 1 aromatic heterocycles. The fraction of sp³-hybridized carbons (Fsp3) is 0.250. The van der Waals surface area contributed by atoms with Crippen molar-refractivity contribution in [3.8, 4) is 0 Å². The molecule has 7 heteroatoms. The zero-order valence-electron chi connectivity index (χ0n) is 7.43. The van der Waals surface area contributed by atoms with Gasteiger partial charge in [-0.25, -0.2) is 22.9 Å². The molecule has 0 N–H and O–H groups in total. The van der Waals surface area contributed by atoms with Crippen LogP contribution >= 0.6 is 22.6 Å². The second-order valence-electron chi connectivity index (χ2n) is 2.49. The van der Waals surface area contributed by atoms with Crippen molar-refractivity contribution in [2.75, 3.05) is 7.11 Å². The predicted octanol–water partition coefficient (Wildman–Crippen LogP) is 2.55. The molecule has 0 bridgehead atoms. The Bertz CT molecular complexity index is 398. The minimum Gasteiger partial charge on any atom is -0.464 e. The molecule has 0 aliphatic carbocycles. The zero-order valence-corrected chi connectivity index (χ0v) is 9.59. The van der Waals surface area contributed by atoms with E-state index in [-0.39, 0.29) is 3.70 Å². The van der Waals surface area contributed by atoms with Crippen LogP contribution in [-0.2, 0) is 4.74 Å². The van der Waals surface area contributed by atoms with Crippen LogP contribution in [0.3, 0.4) is 0 Å². The third-order valence-corrected chi connectivity index (χ3v) is 2.33. The molecule has 1 heterocycles. The Labute approximate surface area is 96.8 Å². The summed E-state index contributed by atoms with van der Waals surface area (Å²) in [6.45, 7) is 0. The zero-order chi connectivity index (χ0) is 11.6. The lowest BCUT2D eigenvalue weighted by Gasteiger charge is -2.06. The number of hydrogen-bond donors (Lipinski definition) is 0. The lowest BCUT2D eigenvalue weighted by Crippen LogP contribution is -2.11. The van der Waals surface area contributed by atoms with Gasteiger partial charge in [-0.1, -0.05) is 0 Å². The summed E-state index contributed by atoms with van der Waals surface area (Å²) in [7, 11) is 1.04. The molecule has 0 aliphatic heterocycles. The van der Waals surface area contributed by atoms with Crippen molar-refractivity contribution in [3.63, 3.8) is 0 Å². The van der Waals surface area contributed by atoms with Gasteiger partial charge >= 0.3 is 5.97 Å². The number of rotatable bonds is 2. The number of halogens is 4. The molecule has 0 fully saturated rings. The van der Waals surface area contributed by atoms with Crippen molar-refractivity contribution >= 4 is 28.6 Å². The van der Waals surface area contributed by atoms with Crippen LogP contribution in [0, 0.1) is 9.52 Å². The normalized spacial score (nSPS) is 10.5. The van der Waals surface area contributed by atoms with E-state index in [1.54, 1.807) is 0 Å². The topological polar surface area (TPSA) is 39.2 Å². The minimum absolute atomic E-state index is 0.155.